The van der Waals surface area contributed by atoms with Crippen molar-refractivity contribution in [2.75, 3.05) is 7.05 Å². The number of thiazole rings is 1. The lowest BCUT2D eigenvalue weighted by atomic mass is 10.4. The summed E-state index contributed by atoms with van der Waals surface area (Å²) in [6.45, 7) is 5.07. The third-order valence-corrected chi connectivity index (χ3v) is 3.18. The molecular weight excluding hydrogens is 182 g/mol. The van der Waals surface area contributed by atoms with Crippen LogP contribution in [0.4, 0.5) is 0 Å². The van der Waals surface area contributed by atoms with E-state index in [1.54, 1.807) is 11.3 Å². The summed E-state index contributed by atoms with van der Waals surface area (Å²) in [5.74, 6) is 0. The van der Waals surface area contributed by atoms with Crippen molar-refractivity contribution < 1.29 is 0 Å². The van der Waals surface area contributed by atoms with E-state index in [0.717, 1.165) is 17.2 Å². The quantitative estimate of drug-likeness (QED) is 0.790. The molecule has 2 aromatic rings. The van der Waals surface area contributed by atoms with Crippen LogP contribution in [-0.2, 0) is 6.54 Å². The number of aryl methyl sites for hydroxylation is 2. The Bertz CT molecular complexity index is 427. The zero-order valence-corrected chi connectivity index (χ0v) is 8.90. The van der Waals surface area contributed by atoms with Gasteiger partial charge in [-0.2, -0.15) is 0 Å². The SMILES string of the molecule is CNCc1cn2c(C)c(C)nc2s1. The number of hydrogen-bond acceptors (Lipinski definition) is 3. The summed E-state index contributed by atoms with van der Waals surface area (Å²) in [7, 11) is 1.96. The second-order valence-electron chi connectivity index (χ2n) is 3.16. The van der Waals surface area contributed by atoms with Gasteiger partial charge in [0.2, 0.25) is 0 Å². The number of aromatic nitrogens is 2. The van der Waals surface area contributed by atoms with Crippen molar-refractivity contribution in [3.63, 3.8) is 0 Å². The summed E-state index contributed by atoms with van der Waals surface area (Å²) in [4.78, 5) is 6.89. The molecule has 0 radical (unpaired) electrons. The Hall–Kier alpha value is -0.870. The molecule has 0 bridgehead atoms. The van der Waals surface area contributed by atoms with Crippen LogP contribution in [0.1, 0.15) is 16.3 Å². The van der Waals surface area contributed by atoms with Gasteiger partial charge in [0, 0.05) is 23.3 Å². The Kier molecular flexibility index (Phi) is 2.09. The zero-order chi connectivity index (χ0) is 9.42. The van der Waals surface area contributed by atoms with Crippen LogP contribution in [-0.4, -0.2) is 16.4 Å². The molecule has 0 saturated heterocycles. The van der Waals surface area contributed by atoms with Gasteiger partial charge in [-0.05, 0) is 20.9 Å². The average Bonchev–Trinajstić information content (AvgIpc) is 2.56. The lowest BCUT2D eigenvalue weighted by Crippen LogP contribution is -2.02. The molecule has 2 rings (SSSR count). The average molecular weight is 195 g/mol. The van der Waals surface area contributed by atoms with E-state index in [4.69, 9.17) is 0 Å². The first-order valence-electron chi connectivity index (χ1n) is 4.31. The molecule has 0 saturated carbocycles. The Morgan fingerprint density at radius 3 is 2.92 bits per heavy atom. The molecule has 70 valence electrons. The predicted molar refractivity (Wildman–Crippen MR) is 55.3 cm³/mol. The Morgan fingerprint density at radius 2 is 2.31 bits per heavy atom. The molecular formula is C9H13N3S. The summed E-state index contributed by atoms with van der Waals surface area (Å²) < 4.78 is 2.16. The zero-order valence-electron chi connectivity index (χ0n) is 8.09. The number of imidazole rings is 1. The van der Waals surface area contributed by atoms with E-state index in [1.807, 2.05) is 14.0 Å². The van der Waals surface area contributed by atoms with Crippen LogP contribution >= 0.6 is 11.3 Å². The fourth-order valence-electron chi connectivity index (χ4n) is 1.36. The van der Waals surface area contributed by atoms with Crippen LogP contribution in [0.15, 0.2) is 6.20 Å². The standard InChI is InChI=1S/C9H13N3S/c1-6-7(2)12-5-8(4-10-3)13-9(12)11-6/h5,10H,4H2,1-3H3. The van der Waals surface area contributed by atoms with Crippen LogP contribution in [0.3, 0.4) is 0 Å². The van der Waals surface area contributed by atoms with E-state index >= 15 is 0 Å². The third kappa shape index (κ3) is 1.36. The minimum atomic E-state index is 0.923. The highest BCUT2D eigenvalue weighted by Gasteiger charge is 2.07. The van der Waals surface area contributed by atoms with E-state index < -0.39 is 0 Å². The first-order chi connectivity index (χ1) is 6.22. The maximum atomic E-state index is 4.47. The summed E-state index contributed by atoms with van der Waals surface area (Å²) >= 11 is 1.75. The van der Waals surface area contributed by atoms with Gasteiger partial charge in [-0.25, -0.2) is 4.98 Å². The summed E-state index contributed by atoms with van der Waals surface area (Å²) in [5.41, 5.74) is 2.37. The molecule has 0 aliphatic rings. The predicted octanol–water partition coefficient (Wildman–Crippen LogP) is 1.73. The lowest BCUT2D eigenvalue weighted by molar-refractivity contribution is 0.826. The van der Waals surface area contributed by atoms with Gasteiger partial charge in [-0.1, -0.05) is 11.3 Å². The summed E-state index contributed by atoms with van der Waals surface area (Å²) in [6, 6.07) is 0. The molecule has 0 aliphatic carbocycles. The second-order valence-corrected chi connectivity index (χ2v) is 4.26. The van der Waals surface area contributed by atoms with E-state index in [1.165, 1.54) is 10.6 Å². The van der Waals surface area contributed by atoms with Crippen molar-refractivity contribution >= 4 is 16.3 Å². The largest absolute Gasteiger partial charge is 0.315 e. The van der Waals surface area contributed by atoms with Crippen LogP contribution in [0.25, 0.3) is 4.96 Å². The Labute approximate surface area is 81.4 Å². The van der Waals surface area contributed by atoms with E-state index in [0.29, 0.717) is 0 Å². The first kappa shape index (κ1) is 8.72. The molecule has 4 heteroatoms. The monoisotopic (exact) mass is 195 g/mol. The highest BCUT2D eigenvalue weighted by Crippen LogP contribution is 2.20. The van der Waals surface area contributed by atoms with Crippen LogP contribution < -0.4 is 5.32 Å². The number of hydrogen-bond donors (Lipinski definition) is 1. The first-order valence-corrected chi connectivity index (χ1v) is 5.12. The number of rotatable bonds is 2. The van der Waals surface area contributed by atoms with Gasteiger partial charge >= 0.3 is 0 Å². The number of fused-ring (bicyclic) bond motifs is 1. The van der Waals surface area contributed by atoms with Crippen LogP contribution in [0.5, 0.6) is 0 Å². The van der Waals surface area contributed by atoms with E-state index in [2.05, 4.69) is 27.8 Å². The number of nitrogens with zero attached hydrogens (tertiary/aromatic N) is 2. The van der Waals surface area contributed by atoms with Gasteiger partial charge in [-0.15, -0.1) is 0 Å². The van der Waals surface area contributed by atoms with Crippen LogP contribution in [0, 0.1) is 13.8 Å². The molecule has 0 aromatic carbocycles. The highest BCUT2D eigenvalue weighted by atomic mass is 32.1. The van der Waals surface area contributed by atoms with Crippen LogP contribution in [0.2, 0.25) is 0 Å². The molecule has 13 heavy (non-hydrogen) atoms. The molecule has 0 aliphatic heterocycles. The normalized spacial score (nSPS) is 11.3. The minimum Gasteiger partial charge on any atom is -0.315 e. The fraction of sp³-hybridized carbons (Fsp3) is 0.444. The number of nitrogens with one attached hydrogen (secondary N) is 1. The summed E-state index contributed by atoms with van der Waals surface area (Å²) in [5, 5.41) is 3.14. The topological polar surface area (TPSA) is 29.3 Å². The van der Waals surface area contributed by atoms with Crippen molar-refractivity contribution in [1.82, 2.24) is 14.7 Å². The Morgan fingerprint density at radius 1 is 1.54 bits per heavy atom. The van der Waals surface area contributed by atoms with Crippen molar-refractivity contribution in [2.24, 2.45) is 0 Å². The van der Waals surface area contributed by atoms with E-state index in [-0.39, 0.29) is 0 Å². The van der Waals surface area contributed by atoms with Crippen molar-refractivity contribution in [1.29, 1.82) is 0 Å². The second kappa shape index (κ2) is 3.12. The molecule has 2 aromatic heterocycles. The van der Waals surface area contributed by atoms with Gasteiger partial charge in [-0.3, -0.25) is 4.40 Å². The van der Waals surface area contributed by atoms with Gasteiger partial charge in [0.1, 0.15) is 0 Å². The van der Waals surface area contributed by atoms with Crippen molar-refractivity contribution in [3.05, 3.63) is 22.5 Å². The van der Waals surface area contributed by atoms with Gasteiger partial charge in [0.15, 0.2) is 4.96 Å². The van der Waals surface area contributed by atoms with E-state index in [9.17, 15) is 0 Å². The molecule has 0 atom stereocenters. The molecule has 3 nitrogen and oxygen atoms in total. The molecule has 1 N–H and O–H groups in total. The molecule has 0 amide bonds. The smallest absolute Gasteiger partial charge is 0.194 e. The summed E-state index contributed by atoms with van der Waals surface area (Å²) in [6.07, 6.45) is 2.16. The molecule has 2 heterocycles. The molecule has 0 fully saturated rings. The molecule has 0 unspecified atom stereocenters. The molecule has 0 spiro atoms. The highest BCUT2D eigenvalue weighted by molar-refractivity contribution is 7.17. The van der Waals surface area contributed by atoms with Gasteiger partial charge in [0.05, 0.1) is 5.69 Å². The van der Waals surface area contributed by atoms with Crippen molar-refractivity contribution in [2.45, 2.75) is 20.4 Å². The maximum Gasteiger partial charge on any atom is 0.194 e. The third-order valence-electron chi connectivity index (χ3n) is 2.20. The maximum absolute atomic E-state index is 4.47. The van der Waals surface area contributed by atoms with Gasteiger partial charge in [0.25, 0.3) is 0 Å². The lowest BCUT2D eigenvalue weighted by Gasteiger charge is -1.92. The Balaban J connectivity index is 2.52. The van der Waals surface area contributed by atoms with Crippen molar-refractivity contribution in [3.8, 4) is 0 Å². The fourth-order valence-corrected chi connectivity index (χ4v) is 2.44. The minimum absolute atomic E-state index is 0.923. The van der Waals surface area contributed by atoms with Gasteiger partial charge < -0.3 is 5.32 Å².